The molecule has 1 atom stereocenters. The molecule has 0 fully saturated rings. The summed E-state index contributed by atoms with van der Waals surface area (Å²) in [5.74, 6) is -0.173. The molecular weight excluding hydrogens is 355 g/mol. The third kappa shape index (κ3) is 5.11. The minimum absolute atomic E-state index is 0.0843. The lowest BCUT2D eigenvalue weighted by atomic mass is 10.1. The zero-order chi connectivity index (χ0) is 17.0. The van der Waals surface area contributed by atoms with Crippen molar-refractivity contribution in [3.05, 3.63) is 62.6 Å². The van der Waals surface area contributed by atoms with Gasteiger partial charge in [-0.25, -0.2) is 0 Å². The van der Waals surface area contributed by atoms with Crippen LogP contribution in [0.25, 0.3) is 0 Å². The Bertz CT molecular complexity index is 719. The van der Waals surface area contributed by atoms with E-state index in [1.54, 1.807) is 24.3 Å². The van der Waals surface area contributed by atoms with Crippen LogP contribution in [0.2, 0.25) is 15.1 Å². The van der Waals surface area contributed by atoms with E-state index in [0.717, 1.165) is 11.1 Å². The van der Waals surface area contributed by atoms with E-state index in [-0.39, 0.29) is 18.5 Å². The van der Waals surface area contributed by atoms with Crippen LogP contribution in [0.3, 0.4) is 0 Å². The summed E-state index contributed by atoms with van der Waals surface area (Å²) in [5, 5.41) is 7.58. The molecule has 0 aromatic heterocycles. The molecule has 0 heterocycles. The molecule has 1 amide bonds. The Kier molecular flexibility index (Phi) is 6.31. The predicted octanol–water partition coefficient (Wildman–Crippen LogP) is 5.24. The lowest BCUT2D eigenvalue weighted by Gasteiger charge is -2.16. The zero-order valence-corrected chi connectivity index (χ0v) is 15.1. The standard InChI is InChI=1S/C17H17Cl3N2O/c1-10-3-6-16(15(20)7-10)22-17(23)9-21-11(2)13-5-4-12(18)8-14(13)19/h3-8,11,21H,9H2,1-2H3,(H,22,23)/t11-/m0/s1. The first-order valence-corrected chi connectivity index (χ1v) is 8.24. The number of carbonyl (C=O) groups excluding carboxylic acids is 1. The number of hydrogen-bond donors (Lipinski definition) is 2. The van der Waals surface area contributed by atoms with E-state index in [0.29, 0.717) is 20.8 Å². The van der Waals surface area contributed by atoms with Crippen LogP contribution in [-0.4, -0.2) is 12.5 Å². The molecule has 2 aromatic carbocycles. The van der Waals surface area contributed by atoms with Crippen LogP contribution in [0, 0.1) is 6.92 Å². The number of carbonyl (C=O) groups is 1. The Morgan fingerprint density at radius 2 is 1.83 bits per heavy atom. The average Bonchev–Trinajstić information content (AvgIpc) is 2.48. The predicted molar refractivity (Wildman–Crippen MR) is 97.7 cm³/mol. The molecule has 6 heteroatoms. The van der Waals surface area contributed by atoms with Gasteiger partial charge in [0.2, 0.25) is 5.91 Å². The largest absolute Gasteiger partial charge is 0.324 e. The fraction of sp³-hybridized carbons (Fsp3) is 0.235. The first kappa shape index (κ1) is 18.1. The van der Waals surface area contributed by atoms with Crippen molar-refractivity contribution in [2.24, 2.45) is 0 Å². The minimum Gasteiger partial charge on any atom is -0.324 e. The average molecular weight is 372 g/mol. The summed E-state index contributed by atoms with van der Waals surface area (Å²) in [4.78, 5) is 12.0. The van der Waals surface area contributed by atoms with E-state index in [9.17, 15) is 4.79 Å². The third-order valence-electron chi connectivity index (χ3n) is 3.40. The number of rotatable bonds is 5. The second-order valence-electron chi connectivity index (χ2n) is 5.30. The van der Waals surface area contributed by atoms with Gasteiger partial charge in [-0.15, -0.1) is 0 Å². The molecule has 0 bridgehead atoms. The van der Waals surface area contributed by atoms with Crippen molar-refractivity contribution in [3.63, 3.8) is 0 Å². The van der Waals surface area contributed by atoms with Crippen molar-refractivity contribution in [3.8, 4) is 0 Å². The van der Waals surface area contributed by atoms with E-state index < -0.39 is 0 Å². The Morgan fingerprint density at radius 3 is 2.48 bits per heavy atom. The van der Waals surface area contributed by atoms with Gasteiger partial charge in [-0.2, -0.15) is 0 Å². The second kappa shape index (κ2) is 8.02. The van der Waals surface area contributed by atoms with Crippen molar-refractivity contribution in [1.82, 2.24) is 5.32 Å². The van der Waals surface area contributed by atoms with Gasteiger partial charge in [-0.3, -0.25) is 4.79 Å². The number of amides is 1. The van der Waals surface area contributed by atoms with Crippen molar-refractivity contribution in [1.29, 1.82) is 0 Å². The number of aryl methyl sites for hydroxylation is 1. The summed E-state index contributed by atoms with van der Waals surface area (Å²) in [6, 6.07) is 10.7. The van der Waals surface area contributed by atoms with Gasteiger partial charge in [0.15, 0.2) is 0 Å². The topological polar surface area (TPSA) is 41.1 Å². The first-order chi connectivity index (χ1) is 10.9. The molecule has 23 heavy (non-hydrogen) atoms. The van der Waals surface area contributed by atoms with Crippen LogP contribution in [0.15, 0.2) is 36.4 Å². The zero-order valence-electron chi connectivity index (χ0n) is 12.8. The van der Waals surface area contributed by atoms with Crippen LogP contribution < -0.4 is 10.6 Å². The molecule has 0 aliphatic heterocycles. The van der Waals surface area contributed by atoms with Gasteiger partial charge >= 0.3 is 0 Å². The monoisotopic (exact) mass is 370 g/mol. The number of benzene rings is 2. The number of anilines is 1. The van der Waals surface area contributed by atoms with Crippen LogP contribution in [0.5, 0.6) is 0 Å². The first-order valence-electron chi connectivity index (χ1n) is 7.11. The van der Waals surface area contributed by atoms with Crippen molar-refractivity contribution < 1.29 is 4.79 Å². The van der Waals surface area contributed by atoms with Crippen LogP contribution in [-0.2, 0) is 4.79 Å². The second-order valence-corrected chi connectivity index (χ2v) is 6.55. The SMILES string of the molecule is Cc1ccc(NC(=O)CN[C@@H](C)c2ccc(Cl)cc2Cl)c(Cl)c1. The Balaban J connectivity index is 1.93. The van der Waals surface area contributed by atoms with Gasteiger partial charge in [0, 0.05) is 16.1 Å². The van der Waals surface area contributed by atoms with Gasteiger partial charge in [-0.05, 0) is 49.2 Å². The smallest absolute Gasteiger partial charge is 0.238 e. The van der Waals surface area contributed by atoms with E-state index in [1.807, 2.05) is 26.0 Å². The van der Waals surface area contributed by atoms with Gasteiger partial charge in [0.25, 0.3) is 0 Å². The minimum atomic E-state index is -0.173. The fourth-order valence-electron chi connectivity index (χ4n) is 2.12. The summed E-state index contributed by atoms with van der Waals surface area (Å²) in [5.41, 5.74) is 2.52. The summed E-state index contributed by atoms with van der Waals surface area (Å²) in [6.07, 6.45) is 0. The van der Waals surface area contributed by atoms with E-state index in [2.05, 4.69) is 10.6 Å². The molecule has 0 saturated heterocycles. The fourth-order valence-corrected chi connectivity index (χ4v) is 2.98. The molecule has 0 radical (unpaired) electrons. The Morgan fingerprint density at radius 1 is 1.09 bits per heavy atom. The highest BCUT2D eigenvalue weighted by atomic mass is 35.5. The van der Waals surface area contributed by atoms with Gasteiger partial charge in [0.1, 0.15) is 0 Å². The van der Waals surface area contributed by atoms with Gasteiger partial charge in [0.05, 0.1) is 17.3 Å². The maximum absolute atomic E-state index is 12.0. The number of nitrogens with one attached hydrogen (secondary N) is 2. The molecule has 2 aromatic rings. The van der Waals surface area contributed by atoms with Crippen molar-refractivity contribution in [2.45, 2.75) is 19.9 Å². The Hall–Kier alpha value is -1.26. The molecule has 2 rings (SSSR count). The van der Waals surface area contributed by atoms with Crippen molar-refractivity contribution in [2.75, 3.05) is 11.9 Å². The molecular formula is C17H17Cl3N2O. The highest BCUT2D eigenvalue weighted by molar-refractivity contribution is 6.35. The molecule has 0 aliphatic carbocycles. The maximum atomic E-state index is 12.0. The molecule has 0 unspecified atom stereocenters. The number of hydrogen-bond acceptors (Lipinski definition) is 2. The molecule has 0 spiro atoms. The number of halogens is 3. The quantitative estimate of drug-likeness (QED) is 0.754. The lowest BCUT2D eigenvalue weighted by molar-refractivity contribution is -0.115. The molecule has 2 N–H and O–H groups in total. The molecule has 0 saturated carbocycles. The summed E-state index contributed by atoms with van der Waals surface area (Å²) < 4.78 is 0. The van der Waals surface area contributed by atoms with Gasteiger partial charge in [-0.1, -0.05) is 46.9 Å². The van der Waals surface area contributed by atoms with E-state index in [4.69, 9.17) is 34.8 Å². The summed E-state index contributed by atoms with van der Waals surface area (Å²) in [6.45, 7) is 4.02. The maximum Gasteiger partial charge on any atom is 0.238 e. The summed E-state index contributed by atoms with van der Waals surface area (Å²) >= 11 is 18.1. The normalized spacial score (nSPS) is 12.0. The van der Waals surface area contributed by atoms with E-state index >= 15 is 0 Å². The van der Waals surface area contributed by atoms with Crippen molar-refractivity contribution >= 4 is 46.4 Å². The highest BCUT2D eigenvalue weighted by Gasteiger charge is 2.12. The summed E-state index contributed by atoms with van der Waals surface area (Å²) in [7, 11) is 0. The molecule has 0 aliphatic rings. The van der Waals surface area contributed by atoms with Gasteiger partial charge < -0.3 is 10.6 Å². The van der Waals surface area contributed by atoms with E-state index in [1.165, 1.54) is 0 Å². The third-order valence-corrected chi connectivity index (χ3v) is 4.27. The lowest BCUT2D eigenvalue weighted by Crippen LogP contribution is -2.30. The molecule has 3 nitrogen and oxygen atoms in total. The van der Waals surface area contributed by atoms with Crippen LogP contribution in [0.1, 0.15) is 24.1 Å². The van der Waals surface area contributed by atoms with Crippen LogP contribution in [0.4, 0.5) is 5.69 Å². The molecule has 122 valence electrons. The Labute approximate surface area is 150 Å². The van der Waals surface area contributed by atoms with Crippen LogP contribution >= 0.6 is 34.8 Å². The highest BCUT2D eigenvalue weighted by Crippen LogP contribution is 2.26.